The molecule has 0 aromatic heterocycles. The van der Waals surface area contributed by atoms with E-state index in [-0.39, 0.29) is 0 Å². The monoisotopic (exact) mass is 482 g/mol. The van der Waals surface area contributed by atoms with Crippen LogP contribution in [0.25, 0.3) is 9.81 Å². The van der Waals surface area contributed by atoms with Crippen LogP contribution in [-0.2, 0) is 0 Å². The molecule has 0 N–H and O–H groups in total. The second kappa shape index (κ2) is 8.45. The molecule has 4 heterocycles. The van der Waals surface area contributed by atoms with Crippen molar-refractivity contribution in [1.82, 2.24) is 0 Å². The molecule has 0 fully saturated rings. The van der Waals surface area contributed by atoms with Gasteiger partial charge in [0.1, 0.15) is 0 Å². The van der Waals surface area contributed by atoms with Crippen molar-refractivity contribution in [3.63, 3.8) is 0 Å². The maximum atomic E-state index is 2.33. The average molecular weight is 483 g/mol. The van der Waals surface area contributed by atoms with Gasteiger partial charge in [-0.25, -0.2) is 0 Å². The van der Waals surface area contributed by atoms with Crippen molar-refractivity contribution in [2.45, 2.75) is 0 Å². The highest BCUT2D eigenvalue weighted by Gasteiger charge is 2.22. The van der Waals surface area contributed by atoms with Crippen LogP contribution in [0.1, 0.15) is 11.1 Å². The first-order valence-electron chi connectivity index (χ1n) is 7.52. The summed E-state index contributed by atoms with van der Waals surface area (Å²) in [7, 11) is 0. The number of hydrogen-bond acceptors (Lipinski definition) is 8. The lowest BCUT2D eigenvalue weighted by molar-refractivity contribution is 1.61. The molecule has 0 saturated heterocycles. The zero-order valence-electron chi connectivity index (χ0n) is 13.0. The predicted molar refractivity (Wildman–Crippen MR) is 135 cm³/mol. The van der Waals surface area contributed by atoms with Gasteiger partial charge in [-0.1, -0.05) is 112 Å². The van der Waals surface area contributed by atoms with Crippen molar-refractivity contribution >= 4 is 104 Å². The Labute approximate surface area is 187 Å². The standard InChI is InChI=1S/C18H10S8/c1-2-11(13-9-23-17(25-13)15-19-4-5-20-15)8-12(3-1)14-10-24-18(26-14)16-21-6-7-22-16/h1-10H. The molecule has 0 spiro atoms. The van der Waals surface area contributed by atoms with Crippen LogP contribution >= 0.6 is 94.1 Å². The maximum absolute atomic E-state index is 2.33. The molecule has 26 heavy (non-hydrogen) atoms. The van der Waals surface area contributed by atoms with Crippen molar-refractivity contribution in [2.75, 3.05) is 0 Å². The fraction of sp³-hybridized carbons (Fsp3) is 0. The van der Waals surface area contributed by atoms with Gasteiger partial charge in [-0.3, -0.25) is 0 Å². The van der Waals surface area contributed by atoms with E-state index in [4.69, 9.17) is 0 Å². The first kappa shape index (κ1) is 18.5. The summed E-state index contributed by atoms with van der Waals surface area (Å²) in [6.45, 7) is 0. The second-order valence-electron chi connectivity index (χ2n) is 5.15. The summed E-state index contributed by atoms with van der Waals surface area (Å²) in [5, 5.41) is 13.2. The van der Waals surface area contributed by atoms with Gasteiger partial charge in [0.05, 0.1) is 16.9 Å². The Kier molecular flexibility index (Phi) is 6.01. The van der Waals surface area contributed by atoms with E-state index < -0.39 is 0 Å². The third kappa shape index (κ3) is 3.94. The molecule has 130 valence electrons. The summed E-state index contributed by atoms with van der Waals surface area (Å²) in [5.41, 5.74) is 2.63. The van der Waals surface area contributed by atoms with Gasteiger partial charge in [0.15, 0.2) is 0 Å². The van der Waals surface area contributed by atoms with E-state index >= 15 is 0 Å². The normalized spacial score (nSPS) is 22.0. The summed E-state index contributed by atoms with van der Waals surface area (Å²) >= 11 is 14.8. The number of rotatable bonds is 2. The van der Waals surface area contributed by atoms with Crippen LogP contribution in [0.15, 0.2) is 73.7 Å². The Bertz CT molecular complexity index is 854. The Morgan fingerprint density at radius 2 is 0.962 bits per heavy atom. The number of benzene rings is 1. The Morgan fingerprint density at radius 1 is 0.500 bits per heavy atom. The molecular formula is C18H10S8. The lowest BCUT2D eigenvalue weighted by atomic mass is 10.1. The minimum absolute atomic E-state index is 1.32. The zero-order valence-corrected chi connectivity index (χ0v) is 19.6. The smallest absolute Gasteiger partial charge is 0.0700 e. The van der Waals surface area contributed by atoms with Gasteiger partial charge in [-0.2, -0.15) is 0 Å². The number of hydrogen-bond donors (Lipinski definition) is 0. The second-order valence-corrected chi connectivity index (χ2v) is 13.7. The van der Waals surface area contributed by atoms with Crippen molar-refractivity contribution < 1.29 is 0 Å². The van der Waals surface area contributed by atoms with E-state index in [0.29, 0.717) is 0 Å². The molecule has 8 heteroatoms. The van der Waals surface area contributed by atoms with Gasteiger partial charge in [-0.15, -0.1) is 0 Å². The highest BCUT2D eigenvalue weighted by Crippen LogP contribution is 2.57. The van der Waals surface area contributed by atoms with Gasteiger partial charge >= 0.3 is 0 Å². The molecule has 4 aliphatic heterocycles. The summed E-state index contributed by atoms with van der Waals surface area (Å²) in [6, 6.07) is 8.96. The number of thioether (sulfide) groups is 8. The zero-order chi connectivity index (χ0) is 17.3. The van der Waals surface area contributed by atoms with Crippen molar-refractivity contribution in [3.05, 3.63) is 84.8 Å². The van der Waals surface area contributed by atoms with E-state index in [1.807, 2.05) is 94.1 Å². The molecule has 1 aromatic carbocycles. The van der Waals surface area contributed by atoms with Crippen molar-refractivity contribution in [3.8, 4) is 0 Å². The molecular weight excluding hydrogens is 473 g/mol. The lowest BCUT2D eigenvalue weighted by Gasteiger charge is -2.07. The van der Waals surface area contributed by atoms with Gasteiger partial charge in [0.2, 0.25) is 0 Å². The van der Waals surface area contributed by atoms with Gasteiger partial charge in [-0.05, 0) is 49.6 Å². The van der Waals surface area contributed by atoms with Gasteiger partial charge in [0, 0.05) is 9.81 Å². The van der Waals surface area contributed by atoms with Crippen LogP contribution in [0.3, 0.4) is 0 Å². The molecule has 0 radical (unpaired) electrons. The first-order chi connectivity index (χ1) is 12.9. The molecule has 0 atom stereocenters. The van der Waals surface area contributed by atoms with E-state index in [9.17, 15) is 0 Å². The summed E-state index contributed by atoms with van der Waals surface area (Å²) < 4.78 is 5.63. The van der Waals surface area contributed by atoms with Crippen LogP contribution in [0.5, 0.6) is 0 Å². The topological polar surface area (TPSA) is 0 Å². The molecule has 0 amide bonds. The van der Waals surface area contributed by atoms with Crippen molar-refractivity contribution in [2.24, 2.45) is 0 Å². The molecule has 0 bridgehead atoms. The van der Waals surface area contributed by atoms with E-state index in [0.717, 1.165) is 0 Å². The first-order valence-corrected chi connectivity index (χ1v) is 14.4. The van der Waals surface area contributed by atoms with Crippen LogP contribution in [0, 0.1) is 0 Å². The summed E-state index contributed by atoms with van der Waals surface area (Å²) in [6.07, 6.45) is 0. The minimum atomic E-state index is 1.32. The minimum Gasteiger partial charge on any atom is -0.0884 e. The maximum Gasteiger partial charge on any atom is 0.0700 e. The fourth-order valence-corrected chi connectivity index (χ4v) is 11.3. The van der Waals surface area contributed by atoms with Gasteiger partial charge in [0.25, 0.3) is 0 Å². The summed E-state index contributed by atoms with van der Waals surface area (Å²) in [4.78, 5) is 2.71. The molecule has 0 nitrogen and oxygen atoms in total. The van der Waals surface area contributed by atoms with Crippen LogP contribution in [-0.4, -0.2) is 0 Å². The van der Waals surface area contributed by atoms with E-state index in [1.165, 1.54) is 37.9 Å². The van der Waals surface area contributed by atoms with Gasteiger partial charge < -0.3 is 0 Å². The van der Waals surface area contributed by atoms with Crippen LogP contribution in [0.4, 0.5) is 0 Å². The van der Waals surface area contributed by atoms with E-state index in [1.54, 1.807) is 0 Å². The fourth-order valence-electron chi connectivity index (χ4n) is 2.38. The van der Waals surface area contributed by atoms with E-state index in [2.05, 4.69) is 56.7 Å². The predicted octanol–water partition coefficient (Wildman–Crippen LogP) is 9.40. The molecule has 0 unspecified atom stereocenters. The molecule has 0 aliphatic carbocycles. The van der Waals surface area contributed by atoms with Crippen LogP contribution < -0.4 is 0 Å². The Hall–Kier alpha value is 0.460. The molecule has 4 aliphatic rings. The van der Waals surface area contributed by atoms with Crippen molar-refractivity contribution in [1.29, 1.82) is 0 Å². The van der Waals surface area contributed by atoms with Crippen LogP contribution in [0.2, 0.25) is 0 Å². The molecule has 0 saturated carbocycles. The third-order valence-electron chi connectivity index (χ3n) is 3.53. The summed E-state index contributed by atoms with van der Waals surface area (Å²) in [5.74, 6) is 0. The third-order valence-corrected chi connectivity index (χ3v) is 13.7. The molecule has 1 aromatic rings. The Balaban J connectivity index is 1.34. The Morgan fingerprint density at radius 3 is 1.42 bits per heavy atom. The highest BCUT2D eigenvalue weighted by atomic mass is 32.2. The molecule has 5 rings (SSSR count). The lowest BCUT2D eigenvalue weighted by Crippen LogP contribution is -1.82. The highest BCUT2D eigenvalue weighted by molar-refractivity contribution is 8.35. The largest absolute Gasteiger partial charge is 0.0884 e. The quantitative estimate of drug-likeness (QED) is 0.403. The average Bonchev–Trinajstić information content (AvgIpc) is 3.49. The SMILES string of the molecule is C1=CSC(=C2SC=C(c3cccc(C4=CSC(=C5SC=CS5)S4)c3)S2)S1.